The Morgan fingerprint density at radius 3 is 2.43 bits per heavy atom. The molecule has 0 rings (SSSR count). The molecule has 84 valence electrons. The highest BCUT2D eigenvalue weighted by Crippen LogP contribution is 2.12. The number of nitrogens with zero attached hydrogens (tertiary/aromatic N) is 1. The maximum Gasteiger partial charge on any atom is 0.126 e. The summed E-state index contributed by atoms with van der Waals surface area (Å²) in [6, 6.07) is 0. The van der Waals surface area contributed by atoms with Crippen molar-refractivity contribution in [2.45, 2.75) is 33.1 Å². The third-order valence-corrected chi connectivity index (χ3v) is 2.19. The smallest absolute Gasteiger partial charge is 0.126 e. The van der Waals surface area contributed by atoms with Gasteiger partial charge in [0.15, 0.2) is 0 Å². The molecule has 0 aromatic carbocycles. The molecule has 0 aromatic heterocycles. The SMILES string of the molecule is CN(CCCCCO)CC(C)(C)C=O. The summed E-state index contributed by atoms with van der Waals surface area (Å²) in [7, 11) is 2.03. The zero-order valence-electron chi connectivity index (χ0n) is 9.62. The van der Waals surface area contributed by atoms with E-state index < -0.39 is 0 Å². The van der Waals surface area contributed by atoms with Gasteiger partial charge in [0.05, 0.1) is 0 Å². The number of aliphatic hydroxyl groups is 1. The average molecular weight is 201 g/mol. The Labute approximate surface area is 87.1 Å². The van der Waals surface area contributed by atoms with Gasteiger partial charge < -0.3 is 14.8 Å². The predicted octanol–water partition coefficient (Wildman–Crippen LogP) is 1.31. The van der Waals surface area contributed by atoms with Crippen LogP contribution in [0.25, 0.3) is 0 Å². The summed E-state index contributed by atoms with van der Waals surface area (Å²) in [6.45, 7) is 5.98. The molecule has 0 aliphatic heterocycles. The molecule has 0 atom stereocenters. The lowest BCUT2D eigenvalue weighted by Gasteiger charge is -2.25. The number of carbonyl (C=O) groups excluding carboxylic acids is 1. The molecule has 1 N–H and O–H groups in total. The molecule has 0 aliphatic rings. The maximum atomic E-state index is 10.7. The van der Waals surface area contributed by atoms with Crippen molar-refractivity contribution in [2.75, 3.05) is 26.7 Å². The van der Waals surface area contributed by atoms with E-state index in [-0.39, 0.29) is 12.0 Å². The Bertz CT molecular complexity index is 157. The first-order valence-electron chi connectivity index (χ1n) is 5.27. The average Bonchev–Trinajstić information content (AvgIpc) is 2.12. The molecule has 3 nitrogen and oxygen atoms in total. The van der Waals surface area contributed by atoms with E-state index in [1.807, 2.05) is 20.9 Å². The fourth-order valence-electron chi connectivity index (χ4n) is 1.48. The number of hydrogen-bond acceptors (Lipinski definition) is 3. The van der Waals surface area contributed by atoms with E-state index in [1.165, 1.54) is 0 Å². The molecule has 0 aliphatic carbocycles. The van der Waals surface area contributed by atoms with E-state index in [9.17, 15) is 4.79 Å². The molecule has 0 fully saturated rings. The summed E-state index contributed by atoms with van der Waals surface area (Å²) < 4.78 is 0. The Kier molecular flexibility index (Phi) is 6.75. The molecular formula is C11H23NO2. The van der Waals surface area contributed by atoms with Crippen LogP contribution in [0.15, 0.2) is 0 Å². The number of carbonyl (C=O) groups is 1. The molecule has 0 saturated carbocycles. The van der Waals surface area contributed by atoms with Gasteiger partial charge in [0.25, 0.3) is 0 Å². The van der Waals surface area contributed by atoms with E-state index >= 15 is 0 Å². The monoisotopic (exact) mass is 201 g/mol. The first-order valence-corrected chi connectivity index (χ1v) is 5.27. The standard InChI is InChI=1S/C11H23NO2/c1-11(2,10-14)9-12(3)7-5-4-6-8-13/h10,13H,4-9H2,1-3H3. The van der Waals surface area contributed by atoms with E-state index in [4.69, 9.17) is 5.11 Å². The number of hydrogen-bond donors (Lipinski definition) is 1. The van der Waals surface area contributed by atoms with Crippen molar-refractivity contribution in [2.24, 2.45) is 5.41 Å². The van der Waals surface area contributed by atoms with Crippen molar-refractivity contribution in [3.8, 4) is 0 Å². The number of rotatable bonds is 8. The van der Waals surface area contributed by atoms with Crippen LogP contribution in [0, 0.1) is 5.41 Å². The van der Waals surface area contributed by atoms with Gasteiger partial charge in [-0.05, 0) is 32.9 Å². The van der Waals surface area contributed by atoms with Crippen LogP contribution in [0.5, 0.6) is 0 Å². The number of aliphatic hydroxyl groups excluding tert-OH is 1. The second-order valence-corrected chi connectivity index (χ2v) is 4.63. The Hall–Kier alpha value is -0.410. The largest absolute Gasteiger partial charge is 0.396 e. The summed E-state index contributed by atoms with van der Waals surface area (Å²) in [6.07, 6.45) is 4.04. The molecule has 0 saturated heterocycles. The quantitative estimate of drug-likeness (QED) is 0.475. The van der Waals surface area contributed by atoms with Gasteiger partial charge in [-0.1, -0.05) is 13.8 Å². The lowest BCUT2D eigenvalue weighted by Crippen LogP contribution is -2.33. The molecule has 0 spiro atoms. The van der Waals surface area contributed by atoms with Crippen LogP contribution in [0.3, 0.4) is 0 Å². The summed E-state index contributed by atoms with van der Waals surface area (Å²) in [5, 5.41) is 8.60. The van der Waals surface area contributed by atoms with E-state index in [1.54, 1.807) is 0 Å². The zero-order chi connectivity index (χ0) is 11.0. The van der Waals surface area contributed by atoms with Gasteiger partial charge in [-0.2, -0.15) is 0 Å². The van der Waals surface area contributed by atoms with Crippen molar-refractivity contribution in [3.05, 3.63) is 0 Å². The Balaban J connectivity index is 3.54. The number of aldehydes is 1. The molecular weight excluding hydrogens is 178 g/mol. The minimum Gasteiger partial charge on any atom is -0.396 e. The fourth-order valence-corrected chi connectivity index (χ4v) is 1.48. The first-order chi connectivity index (χ1) is 6.52. The highest BCUT2D eigenvalue weighted by molar-refractivity contribution is 5.58. The minimum absolute atomic E-state index is 0.244. The van der Waals surface area contributed by atoms with Crippen molar-refractivity contribution in [3.63, 3.8) is 0 Å². The van der Waals surface area contributed by atoms with Crippen molar-refractivity contribution < 1.29 is 9.90 Å². The van der Waals surface area contributed by atoms with Crippen LogP contribution in [0.1, 0.15) is 33.1 Å². The van der Waals surface area contributed by atoms with Crippen LogP contribution in [-0.4, -0.2) is 43.0 Å². The van der Waals surface area contributed by atoms with Gasteiger partial charge >= 0.3 is 0 Å². The topological polar surface area (TPSA) is 40.5 Å². The van der Waals surface area contributed by atoms with Gasteiger partial charge in [-0.15, -0.1) is 0 Å². The lowest BCUT2D eigenvalue weighted by atomic mass is 9.95. The van der Waals surface area contributed by atoms with Gasteiger partial charge in [0.1, 0.15) is 6.29 Å². The number of unbranched alkanes of at least 4 members (excludes halogenated alkanes) is 2. The van der Waals surface area contributed by atoms with Gasteiger partial charge in [-0.25, -0.2) is 0 Å². The van der Waals surface area contributed by atoms with Crippen molar-refractivity contribution in [1.29, 1.82) is 0 Å². The third-order valence-electron chi connectivity index (χ3n) is 2.19. The zero-order valence-corrected chi connectivity index (χ0v) is 9.62. The van der Waals surface area contributed by atoms with E-state index in [0.29, 0.717) is 0 Å². The van der Waals surface area contributed by atoms with Crippen molar-refractivity contribution in [1.82, 2.24) is 4.90 Å². The molecule has 0 radical (unpaired) electrons. The van der Waals surface area contributed by atoms with Crippen LogP contribution in [0.2, 0.25) is 0 Å². The molecule has 0 heterocycles. The normalized spacial score (nSPS) is 12.1. The maximum absolute atomic E-state index is 10.7. The Morgan fingerprint density at radius 2 is 1.93 bits per heavy atom. The van der Waals surface area contributed by atoms with Crippen LogP contribution in [0.4, 0.5) is 0 Å². The highest BCUT2D eigenvalue weighted by Gasteiger charge is 2.18. The van der Waals surface area contributed by atoms with Crippen LogP contribution in [-0.2, 0) is 4.79 Å². The molecule has 3 heteroatoms. The predicted molar refractivity (Wildman–Crippen MR) is 58.3 cm³/mol. The molecule has 14 heavy (non-hydrogen) atoms. The third kappa shape index (κ3) is 7.04. The van der Waals surface area contributed by atoms with Crippen LogP contribution < -0.4 is 0 Å². The summed E-state index contributed by atoms with van der Waals surface area (Å²) in [5.74, 6) is 0. The van der Waals surface area contributed by atoms with Gasteiger partial charge in [0.2, 0.25) is 0 Å². The fraction of sp³-hybridized carbons (Fsp3) is 0.909. The van der Waals surface area contributed by atoms with E-state index in [2.05, 4.69) is 4.90 Å². The van der Waals surface area contributed by atoms with E-state index in [0.717, 1.165) is 38.6 Å². The summed E-state index contributed by atoms with van der Waals surface area (Å²) >= 11 is 0. The molecule has 0 amide bonds. The highest BCUT2D eigenvalue weighted by atomic mass is 16.2. The summed E-state index contributed by atoms with van der Waals surface area (Å²) in [5.41, 5.74) is -0.244. The Morgan fingerprint density at radius 1 is 1.29 bits per heavy atom. The molecule has 0 aromatic rings. The molecule has 0 unspecified atom stereocenters. The van der Waals surface area contributed by atoms with Crippen LogP contribution >= 0.6 is 0 Å². The van der Waals surface area contributed by atoms with Gasteiger partial charge in [-0.3, -0.25) is 0 Å². The lowest BCUT2D eigenvalue weighted by molar-refractivity contribution is -0.115. The van der Waals surface area contributed by atoms with Gasteiger partial charge in [0, 0.05) is 18.6 Å². The summed E-state index contributed by atoms with van der Waals surface area (Å²) in [4.78, 5) is 12.9. The second kappa shape index (κ2) is 6.96. The molecule has 0 bridgehead atoms. The second-order valence-electron chi connectivity index (χ2n) is 4.63. The minimum atomic E-state index is -0.244. The first kappa shape index (κ1) is 13.6. The van der Waals surface area contributed by atoms with Crippen molar-refractivity contribution >= 4 is 6.29 Å².